The van der Waals surface area contributed by atoms with E-state index in [1.807, 2.05) is 0 Å². The van der Waals surface area contributed by atoms with Crippen LogP contribution in [0.15, 0.2) is 54.6 Å². The van der Waals surface area contributed by atoms with Gasteiger partial charge in [-0.25, -0.2) is 0 Å². The molecule has 2 aromatic rings. The molecule has 2 aromatic carbocycles. The summed E-state index contributed by atoms with van der Waals surface area (Å²) in [5, 5.41) is 0. The minimum Gasteiger partial charge on any atom is -0.363 e. The van der Waals surface area contributed by atoms with Crippen LogP contribution < -0.4 is 10.6 Å². The molecule has 2 nitrogen and oxygen atoms in total. The highest BCUT2D eigenvalue weighted by Crippen LogP contribution is 2.33. The zero-order valence-electron chi connectivity index (χ0n) is 11.1. The molecule has 0 amide bonds. The van der Waals surface area contributed by atoms with E-state index in [4.69, 9.17) is 5.73 Å². The largest absolute Gasteiger partial charge is 0.363 e. The molecule has 2 heteroatoms. The van der Waals surface area contributed by atoms with Crippen LogP contribution in [0.1, 0.15) is 23.6 Å². The van der Waals surface area contributed by atoms with Crippen LogP contribution in [0.4, 0.5) is 5.69 Å². The number of anilines is 1. The van der Waals surface area contributed by atoms with Crippen molar-refractivity contribution in [3.8, 4) is 0 Å². The van der Waals surface area contributed by atoms with E-state index in [1.165, 1.54) is 29.7 Å². The molecule has 1 aliphatic heterocycles. The normalized spacial score (nSPS) is 15.9. The Balaban J connectivity index is 1.97. The van der Waals surface area contributed by atoms with Crippen molar-refractivity contribution >= 4 is 5.69 Å². The molecule has 98 valence electrons. The highest BCUT2D eigenvalue weighted by atomic mass is 15.2. The fourth-order valence-corrected chi connectivity index (χ4v) is 3.00. The maximum absolute atomic E-state index is 6.05. The lowest BCUT2D eigenvalue weighted by Gasteiger charge is -2.37. The Kier molecular flexibility index (Phi) is 3.51. The van der Waals surface area contributed by atoms with Crippen molar-refractivity contribution < 1.29 is 0 Å². The molecule has 0 aromatic heterocycles. The van der Waals surface area contributed by atoms with Crippen LogP contribution in [0.5, 0.6) is 0 Å². The predicted octanol–water partition coefficient (Wildman–Crippen LogP) is 3.14. The van der Waals surface area contributed by atoms with Gasteiger partial charge < -0.3 is 10.6 Å². The Labute approximate surface area is 114 Å². The number of aryl methyl sites for hydroxylation is 1. The van der Waals surface area contributed by atoms with Gasteiger partial charge in [-0.3, -0.25) is 0 Å². The van der Waals surface area contributed by atoms with E-state index in [0.717, 1.165) is 6.54 Å². The lowest BCUT2D eigenvalue weighted by Crippen LogP contribution is -2.37. The first kappa shape index (κ1) is 12.2. The molecular weight excluding hydrogens is 232 g/mol. The Morgan fingerprint density at radius 3 is 2.53 bits per heavy atom. The molecule has 3 rings (SSSR count). The summed E-state index contributed by atoms with van der Waals surface area (Å²) in [6.45, 7) is 1.74. The van der Waals surface area contributed by atoms with E-state index < -0.39 is 0 Å². The summed E-state index contributed by atoms with van der Waals surface area (Å²) in [7, 11) is 0. The van der Waals surface area contributed by atoms with Crippen molar-refractivity contribution in [3.63, 3.8) is 0 Å². The van der Waals surface area contributed by atoms with Crippen LogP contribution in [0.3, 0.4) is 0 Å². The number of rotatable bonds is 3. The van der Waals surface area contributed by atoms with E-state index in [1.54, 1.807) is 0 Å². The average molecular weight is 252 g/mol. The van der Waals surface area contributed by atoms with Crippen LogP contribution in [-0.2, 0) is 6.42 Å². The van der Waals surface area contributed by atoms with Gasteiger partial charge in [0.25, 0.3) is 0 Å². The van der Waals surface area contributed by atoms with Gasteiger partial charge in [0.15, 0.2) is 0 Å². The molecule has 0 aliphatic carbocycles. The second-order valence-corrected chi connectivity index (χ2v) is 5.09. The van der Waals surface area contributed by atoms with Crippen molar-refractivity contribution in [1.29, 1.82) is 0 Å². The fraction of sp³-hybridized carbons (Fsp3) is 0.294. The van der Waals surface area contributed by atoms with Crippen molar-refractivity contribution in [2.45, 2.75) is 18.9 Å². The van der Waals surface area contributed by atoms with E-state index in [2.05, 4.69) is 59.5 Å². The summed E-state index contributed by atoms with van der Waals surface area (Å²) in [5.74, 6) is 0. The Morgan fingerprint density at radius 2 is 1.74 bits per heavy atom. The van der Waals surface area contributed by atoms with Gasteiger partial charge in [0, 0.05) is 18.8 Å². The molecule has 1 atom stereocenters. The smallest absolute Gasteiger partial charge is 0.0664 e. The topological polar surface area (TPSA) is 29.3 Å². The molecule has 0 radical (unpaired) electrons. The maximum Gasteiger partial charge on any atom is 0.0664 e. The molecule has 2 N–H and O–H groups in total. The molecule has 0 bridgehead atoms. The predicted molar refractivity (Wildman–Crippen MR) is 80.3 cm³/mol. The second-order valence-electron chi connectivity index (χ2n) is 5.09. The third-order valence-corrected chi connectivity index (χ3v) is 3.93. The average Bonchev–Trinajstić information content (AvgIpc) is 2.49. The number of hydrogen-bond donors (Lipinski definition) is 1. The van der Waals surface area contributed by atoms with Gasteiger partial charge in [-0.2, -0.15) is 0 Å². The summed E-state index contributed by atoms with van der Waals surface area (Å²) >= 11 is 0. The zero-order chi connectivity index (χ0) is 13.1. The molecule has 1 aliphatic rings. The molecule has 0 saturated heterocycles. The third kappa shape index (κ3) is 2.36. The van der Waals surface area contributed by atoms with Crippen LogP contribution in [0, 0.1) is 0 Å². The molecule has 0 saturated carbocycles. The van der Waals surface area contributed by atoms with Crippen molar-refractivity contribution in [1.82, 2.24) is 0 Å². The Bertz CT molecular complexity index is 536. The SMILES string of the molecule is NCC(c1ccccc1)N1CCCc2ccccc21. The highest BCUT2D eigenvalue weighted by molar-refractivity contribution is 5.57. The quantitative estimate of drug-likeness (QED) is 0.909. The van der Waals surface area contributed by atoms with Gasteiger partial charge in [-0.1, -0.05) is 48.5 Å². The van der Waals surface area contributed by atoms with E-state index in [0.29, 0.717) is 6.54 Å². The van der Waals surface area contributed by atoms with Crippen LogP contribution in [0.25, 0.3) is 0 Å². The zero-order valence-corrected chi connectivity index (χ0v) is 11.1. The third-order valence-electron chi connectivity index (χ3n) is 3.93. The molecule has 0 fully saturated rings. The monoisotopic (exact) mass is 252 g/mol. The lowest BCUT2D eigenvalue weighted by molar-refractivity contribution is 0.588. The first-order valence-electron chi connectivity index (χ1n) is 6.99. The number of nitrogens with zero attached hydrogens (tertiary/aromatic N) is 1. The number of nitrogens with two attached hydrogens (primary N) is 1. The minimum atomic E-state index is 0.280. The van der Waals surface area contributed by atoms with E-state index in [-0.39, 0.29) is 6.04 Å². The summed E-state index contributed by atoms with van der Waals surface area (Å²) < 4.78 is 0. The maximum atomic E-state index is 6.05. The van der Waals surface area contributed by atoms with Gasteiger partial charge in [0.2, 0.25) is 0 Å². The van der Waals surface area contributed by atoms with Crippen molar-refractivity contribution in [2.75, 3.05) is 18.0 Å². The molecule has 19 heavy (non-hydrogen) atoms. The van der Waals surface area contributed by atoms with Crippen molar-refractivity contribution in [2.24, 2.45) is 5.73 Å². The Hall–Kier alpha value is -1.80. The number of fused-ring (bicyclic) bond motifs is 1. The highest BCUT2D eigenvalue weighted by Gasteiger charge is 2.23. The fourth-order valence-electron chi connectivity index (χ4n) is 3.00. The number of hydrogen-bond acceptors (Lipinski definition) is 2. The van der Waals surface area contributed by atoms with Crippen LogP contribution in [-0.4, -0.2) is 13.1 Å². The number of benzene rings is 2. The van der Waals surface area contributed by atoms with Gasteiger partial charge in [-0.05, 0) is 30.0 Å². The minimum absolute atomic E-state index is 0.280. The molecular formula is C17H20N2. The van der Waals surface area contributed by atoms with Gasteiger partial charge in [0.05, 0.1) is 6.04 Å². The Morgan fingerprint density at radius 1 is 1.00 bits per heavy atom. The van der Waals surface area contributed by atoms with Crippen LogP contribution in [0.2, 0.25) is 0 Å². The molecule has 1 unspecified atom stereocenters. The van der Waals surface area contributed by atoms with Crippen molar-refractivity contribution in [3.05, 3.63) is 65.7 Å². The van der Waals surface area contributed by atoms with Gasteiger partial charge >= 0.3 is 0 Å². The standard InChI is InChI=1S/C17H20N2/c18-13-17(15-7-2-1-3-8-15)19-12-6-10-14-9-4-5-11-16(14)19/h1-5,7-9,11,17H,6,10,12-13,18H2. The summed E-state index contributed by atoms with van der Waals surface area (Å²) in [5.41, 5.74) is 10.2. The van der Waals surface area contributed by atoms with E-state index in [9.17, 15) is 0 Å². The number of para-hydroxylation sites is 1. The van der Waals surface area contributed by atoms with Gasteiger partial charge in [0.1, 0.15) is 0 Å². The van der Waals surface area contributed by atoms with Gasteiger partial charge in [-0.15, -0.1) is 0 Å². The summed E-state index contributed by atoms with van der Waals surface area (Å²) in [4.78, 5) is 2.47. The van der Waals surface area contributed by atoms with E-state index >= 15 is 0 Å². The van der Waals surface area contributed by atoms with Crippen LogP contribution >= 0.6 is 0 Å². The molecule has 0 spiro atoms. The summed E-state index contributed by atoms with van der Waals surface area (Å²) in [6, 6.07) is 19.6. The first-order chi connectivity index (χ1) is 9.40. The summed E-state index contributed by atoms with van der Waals surface area (Å²) in [6.07, 6.45) is 2.39. The lowest BCUT2D eigenvalue weighted by atomic mass is 9.97. The first-order valence-corrected chi connectivity index (χ1v) is 6.99. The second kappa shape index (κ2) is 5.45. The molecule has 1 heterocycles.